The van der Waals surface area contributed by atoms with Gasteiger partial charge in [0.15, 0.2) is 0 Å². The Morgan fingerprint density at radius 2 is 1.00 bits per heavy atom. The molecule has 0 aliphatic heterocycles. The normalized spacial score (nSPS) is 15.5. The van der Waals surface area contributed by atoms with Gasteiger partial charge in [-0.2, -0.15) is 56.7 Å². The quantitative estimate of drug-likeness (QED) is 0.580. The van der Waals surface area contributed by atoms with Crippen molar-refractivity contribution in [2.75, 3.05) is 0 Å². The monoisotopic (exact) mass is 350 g/mol. The predicted octanol–water partition coefficient (Wildman–Crippen LogP) is 2.62. The molecule has 122 valence electrons. The second-order valence-electron chi connectivity index (χ2n) is 2.75. The molecule has 0 N–H and O–H groups in total. The summed E-state index contributed by atoms with van der Waals surface area (Å²) in [4.78, 5) is 0. The van der Waals surface area contributed by atoms with Gasteiger partial charge in [-0.25, -0.2) is 0 Å². The Kier molecular flexibility index (Phi) is 4.91. The van der Waals surface area contributed by atoms with E-state index in [1.165, 1.54) is 0 Å². The summed E-state index contributed by atoms with van der Waals surface area (Å²) in [6.07, 6.45) is -20.6. The van der Waals surface area contributed by atoms with E-state index < -0.39 is 44.3 Å². The molecule has 0 saturated carbocycles. The third-order valence-corrected chi connectivity index (χ3v) is 3.11. The highest BCUT2D eigenvalue weighted by Crippen LogP contribution is 2.41. The standard InChI is InChI=1S/C4HF11N2O2S/c5-1(6)16(2(7,8)9)20(18,19)17(3(10,11)12)4(13,14)15/h1H. The summed E-state index contributed by atoms with van der Waals surface area (Å²) in [5, 5.41) is 0. The first-order valence-electron chi connectivity index (χ1n) is 3.76. The van der Waals surface area contributed by atoms with Crippen LogP contribution in [-0.4, -0.2) is 42.5 Å². The van der Waals surface area contributed by atoms with Crippen molar-refractivity contribution in [3.8, 4) is 0 Å². The van der Waals surface area contributed by atoms with E-state index in [9.17, 15) is 56.7 Å². The maximum Gasteiger partial charge on any atom is 0.481 e. The molecule has 0 aromatic heterocycles. The molecule has 20 heavy (non-hydrogen) atoms. The Hall–Kier alpha value is -0.900. The number of alkyl halides is 11. The molecule has 0 aliphatic carbocycles. The SMILES string of the molecule is O=S(=O)(N(C(F)F)C(F)(F)F)N(C(F)(F)F)C(F)(F)F. The van der Waals surface area contributed by atoms with E-state index >= 15 is 0 Å². The fourth-order valence-corrected chi connectivity index (χ4v) is 2.00. The largest absolute Gasteiger partial charge is 0.481 e. The fraction of sp³-hybridized carbons (Fsp3) is 1.00. The average molecular weight is 350 g/mol. The van der Waals surface area contributed by atoms with E-state index in [4.69, 9.17) is 0 Å². The maximum atomic E-state index is 11.9. The third kappa shape index (κ3) is 4.05. The van der Waals surface area contributed by atoms with Crippen LogP contribution in [0.15, 0.2) is 0 Å². The highest BCUT2D eigenvalue weighted by atomic mass is 32.2. The van der Waals surface area contributed by atoms with Crippen LogP contribution in [-0.2, 0) is 10.2 Å². The first-order chi connectivity index (χ1) is 8.43. The van der Waals surface area contributed by atoms with E-state index in [0.29, 0.717) is 0 Å². The van der Waals surface area contributed by atoms with E-state index in [2.05, 4.69) is 0 Å². The summed E-state index contributed by atoms with van der Waals surface area (Å²) in [6.45, 7) is -5.22. The molecule has 0 aromatic carbocycles. The van der Waals surface area contributed by atoms with Gasteiger partial charge in [-0.05, 0) is 4.31 Å². The van der Waals surface area contributed by atoms with Crippen molar-refractivity contribution in [2.45, 2.75) is 25.5 Å². The lowest BCUT2D eigenvalue weighted by Gasteiger charge is -2.31. The first kappa shape index (κ1) is 19.1. The average Bonchev–Trinajstić information content (AvgIpc) is 1.87. The molecule has 0 spiro atoms. The summed E-state index contributed by atoms with van der Waals surface area (Å²) in [7, 11) is -7.69. The molecule has 0 aliphatic rings. The second-order valence-corrected chi connectivity index (χ2v) is 4.40. The molecule has 0 bridgehead atoms. The van der Waals surface area contributed by atoms with Gasteiger partial charge < -0.3 is 0 Å². The van der Waals surface area contributed by atoms with Gasteiger partial charge in [0.2, 0.25) is 0 Å². The highest BCUT2D eigenvalue weighted by Gasteiger charge is 2.67. The van der Waals surface area contributed by atoms with Gasteiger partial charge in [-0.15, -0.1) is 0 Å². The van der Waals surface area contributed by atoms with Gasteiger partial charge in [-0.1, -0.05) is 0 Å². The van der Waals surface area contributed by atoms with Crippen LogP contribution >= 0.6 is 0 Å². The number of nitrogens with zero attached hydrogens (tertiary/aromatic N) is 2. The van der Waals surface area contributed by atoms with Crippen molar-refractivity contribution < 1.29 is 56.7 Å². The van der Waals surface area contributed by atoms with Gasteiger partial charge in [0, 0.05) is 4.31 Å². The van der Waals surface area contributed by atoms with E-state index in [1.807, 2.05) is 0 Å². The van der Waals surface area contributed by atoms with E-state index in [1.54, 1.807) is 0 Å². The first-order valence-corrected chi connectivity index (χ1v) is 5.16. The maximum absolute atomic E-state index is 11.9. The van der Waals surface area contributed by atoms with Crippen LogP contribution in [0.25, 0.3) is 0 Å². The summed E-state index contributed by atoms with van der Waals surface area (Å²) >= 11 is 0. The molecule has 0 saturated heterocycles. The number of hydrogen-bond acceptors (Lipinski definition) is 2. The smallest absolute Gasteiger partial charge is 0.194 e. The molecule has 0 radical (unpaired) electrons. The van der Waals surface area contributed by atoms with E-state index in [-0.39, 0.29) is 0 Å². The zero-order chi connectivity index (χ0) is 16.7. The minimum atomic E-state index is -7.69. The summed E-state index contributed by atoms with van der Waals surface area (Å²) in [5.41, 5.74) is 0. The molecule has 0 heterocycles. The Morgan fingerprint density at radius 1 is 0.700 bits per heavy atom. The number of hydrogen-bond donors (Lipinski definition) is 0. The van der Waals surface area contributed by atoms with Crippen LogP contribution in [0, 0.1) is 0 Å². The molecule has 0 rings (SSSR count). The molecule has 0 amide bonds. The molecule has 16 heteroatoms. The van der Waals surface area contributed by atoms with Crippen LogP contribution in [0.5, 0.6) is 0 Å². The van der Waals surface area contributed by atoms with Crippen LogP contribution in [0.2, 0.25) is 0 Å². The zero-order valence-corrected chi connectivity index (χ0v) is 9.17. The molecular formula is C4HF11N2O2S. The Labute approximate surface area is 102 Å². The molecule has 0 unspecified atom stereocenters. The summed E-state index contributed by atoms with van der Waals surface area (Å²) in [6, 6.07) is 0. The van der Waals surface area contributed by atoms with Crippen molar-refractivity contribution in [1.82, 2.24) is 8.61 Å². The molecule has 0 aromatic rings. The number of halogens is 11. The van der Waals surface area contributed by atoms with Crippen molar-refractivity contribution in [3.63, 3.8) is 0 Å². The van der Waals surface area contributed by atoms with Crippen molar-refractivity contribution in [1.29, 1.82) is 0 Å². The van der Waals surface area contributed by atoms with Crippen molar-refractivity contribution in [2.24, 2.45) is 0 Å². The van der Waals surface area contributed by atoms with Gasteiger partial charge >= 0.3 is 35.7 Å². The van der Waals surface area contributed by atoms with Crippen molar-refractivity contribution >= 4 is 10.2 Å². The van der Waals surface area contributed by atoms with Gasteiger partial charge in [0.05, 0.1) is 0 Å². The Bertz CT molecular complexity index is 419. The van der Waals surface area contributed by atoms with Crippen LogP contribution in [0.3, 0.4) is 0 Å². The van der Waals surface area contributed by atoms with Crippen molar-refractivity contribution in [3.05, 3.63) is 0 Å². The zero-order valence-electron chi connectivity index (χ0n) is 8.35. The topological polar surface area (TPSA) is 40.6 Å². The minimum absolute atomic E-state index is 3.17. The Morgan fingerprint density at radius 3 is 1.15 bits per heavy atom. The van der Waals surface area contributed by atoms with Crippen LogP contribution in [0.1, 0.15) is 0 Å². The van der Waals surface area contributed by atoms with Crippen LogP contribution < -0.4 is 0 Å². The third-order valence-electron chi connectivity index (χ3n) is 1.37. The second kappa shape index (κ2) is 5.14. The lowest BCUT2D eigenvalue weighted by atomic mass is 11.0. The number of rotatable bonds is 3. The molecular weight excluding hydrogens is 349 g/mol. The lowest BCUT2D eigenvalue weighted by molar-refractivity contribution is -0.339. The molecule has 4 nitrogen and oxygen atoms in total. The fourth-order valence-electron chi connectivity index (χ4n) is 0.835. The predicted molar refractivity (Wildman–Crippen MR) is 36.8 cm³/mol. The minimum Gasteiger partial charge on any atom is -0.194 e. The van der Waals surface area contributed by atoms with Gasteiger partial charge in [-0.3, -0.25) is 0 Å². The van der Waals surface area contributed by atoms with Gasteiger partial charge in [0.1, 0.15) is 0 Å². The highest BCUT2D eigenvalue weighted by molar-refractivity contribution is 7.86. The van der Waals surface area contributed by atoms with Gasteiger partial charge in [0.25, 0.3) is 0 Å². The van der Waals surface area contributed by atoms with Crippen LogP contribution in [0.4, 0.5) is 48.3 Å². The lowest BCUT2D eigenvalue weighted by Crippen LogP contribution is -2.60. The Balaban J connectivity index is 6.15. The van der Waals surface area contributed by atoms with E-state index in [0.717, 1.165) is 0 Å². The summed E-state index contributed by atoms with van der Waals surface area (Å²) < 4.78 is 145. The summed E-state index contributed by atoms with van der Waals surface area (Å²) in [5.74, 6) is 0. The molecule has 0 fully saturated rings. The molecule has 0 atom stereocenters.